The Balaban J connectivity index is 2.56. The van der Waals surface area contributed by atoms with Gasteiger partial charge in [-0.3, -0.25) is 5.32 Å². The van der Waals surface area contributed by atoms with Crippen molar-refractivity contribution in [1.29, 1.82) is 0 Å². The van der Waals surface area contributed by atoms with Crippen molar-refractivity contribution in [1.82, 2.24) is 0 Å². The predicted octanol–water partition coefficient (Wildman–Crippen LogP) is -0.885. The molecule has 1 rings (SSSR count). The van der Waals surface area contributed by atoms with E-state index in [1.165, 1.54) is 0 Å². The summed E-state index contributed by atoms with van der Waals surface area (Å²) in [5.74, 6) is -3.17. The number of amides is 1. The lowest BCUT2D eigenvalue weighted by molar-refractivity contribution is -0.565. The van der Waals surface area contributed by atoms with E-state index in [1.54, 1.807) is 0 Å². The second-order valence-corrected chi connectivity index (χ2v) is 1.91. The standard InChI is InChI=1S/C4H5F2NO/c5-4(6)1-3(8)7-2-4/h1-2H2,(H,7,8)/p+1. The van der Waals surface area contributed by atoms with Gasteiger partial charge in [-0.1, -0.05) is 0 Å². The number of halogens is 2. The molecule has 4 heteroatoms. The normalized spacial score (nSPS) is 26.5. The average Bonchev–Trinajstić information content (AvgIpc) is 1.82. The first-order valence-corrected chi connectivity index (χ1v) is 2.34. The number of alkyl halides is 2. The summed E-state index contributed by atoms with van der Waals surface area (Å²) >= 11 is 0. The van der Waals surface area contributed by atoms with Crippen molar-refractivity contribution < 1.29 is 18.9 Å². The maximum atomic E-state index is 11.9. The molecule has 0 unspecified atom stereocenters. The van der Waals surface area contributed by atoms with Gasteiger partial charge in [0.2, 0.25) is 0 Å². The number of hydrogen-bond donors (Lipinski definition) is 1. The van der Waals surface area contributed by atoms with Crippen LogP contribution in [0.4, 0.5) is 8.78 Å². The van der Waals surface area contributed by atoms with Crippen LogP contribution in [0.5, 0.6) is 0 Å². The highest BCUT2D eigenvalue weighted by Crippen LogP contribution is 2.17. The third-order valence-corrected chi connectivity index (χ3v) is 1.06. The molecule has 0 atom stereocenters. The number of rotatable bonds is 0. The van der Waals surface area contributed by atoms with Crippen molar-refractivity contribution in [3.05, 3.63) is 0 Å². The molecular formula is C4H6F2NO+. The predicted molar refractivity (Wildman–Crippen MR) is 21.4 cm³/mol. The Morgan fingerprint density at radius 1 is 1.62 bits per heavy atom. The molecule has 1 aliphatic rings. The smallest absolute Gasteiger partial charge is 0.278 e. The average molecular weight is 122 g/mol. The van der Waals surface area contributed by atoms with Crippen molar-refractivity contribution in [3.63, 3.8) is 0 Å². The minimum atomic E-state index is -2.74. The van der Waals surface area contributed by atoms with Gasteiger partial charge in [0, 0.05) is 0 Å². The molecule has 0 aromatic carbocycles. The molecule has 2 N–H and O–H groups in total. The van der Waals surface area contributed by atoms with Gasteiger partial charge in [-0.2, -0.15) is 8.78 Å². The Morgan fingerprint density at radius 3 is 2.38 bits per heavy atom. The molecule has 0 radical (unpaired) electrons. The molecule has 8 heavy (non-hydrogen) atoms. The summed E-state index contributed by atoms with van der Waals surface area (Å²) in [4.78, 5) is 10.1. The number of carbonyl (C=O) groups excluding carboxylic acids is 1. The van der Waals surface area contributed by atoms with E-state index in [2.05, 4.69) is 0 Å². The van der Waals surface area contributed by atoms with Gasteiger partial charge in [-0.05, 0) is 0 Å². The number of primary amides is 1. The second kappa shape index (κ2) is 1.48. The lowest BCUT2D eigenvalue weighted by Gasteiger charge is -1.97. The second-order valence-electron chi connectivity index (χ2n) is 1.91. The van der Waals surface area contributed by atoms with Crippen LogP contribution < -0.4 is 5.32 Å². The maximum Gasteiger partial charge on any atom is 0.316 e. The van der Waals surface area contributed by atoms with E-state index in [0.29, 0.717) is 0 Å². The highest BCUT2D eigenvalue weighted by molar-refractivity contribution is 5.68. The molecule has 2 nitrogen and oxygen atoms in total. The summed E-state index contributed by atoms with van der Waals surface area (Å²) in [7, 11) is 0. The van der Waals surface area contributed by atoms with Crippen molar-refractivity contribution >= 4 is 5.91 Å². The van der Waals surface area contributed by atoms with Crippen LogP contribution in [0.2, 0.25) is 0 Å². The molecule has 1 aliphatic heterocycles. The zero-order valence-electron chi connectivity index (χ0n) is 4.16. The topological polar surface area (TPSA) is 33.7 Å². The molecule has 46 valence electrons. The van der Waals surface area contributed by atoms with Gasteiger partial charge in [0.25, 0.3) is 0 Å². The highest BCUT2D eigenvalue weighted by Gasteiger charge is 2.42. The van der Waals surface area contributed by atoms with E-state index >= 15 is 0 Å². The monoisotopic (exact) mass is 122 g/mol. The Bertz CT molecular complexity index is 123. The first-order valence-electron chi connectivity index (χ1n) is 2.34. The van der Waals surface area contributed by atoms with Gasteiger partial charge >= 0.3 is 11.8 Å². The van der Waals surface area contributed by atoms with E-state index in [-0.39, 0.29) is 6.54 Å². The molecule has 0 aromatic heterocycles. The van der Waals surface area contributed by atoms with Gasteiger partial charge in [-0.25, -0.2) is 4.79 Å². The van der Waals surface area contributed by atoms with Crippen molar-refractivity contribution in [2.24, 2.45) is 0 Å². The SMILES string of the molecule is O=C1CC(F)(F)C[NH2+]1. The third kappa shape index (κ3) is 1.01. The molecule has 0 bridgehead atoms. The molecule has 1 amide bonds. The van der Waals surface area contributed by atoms with Crippen LogP contribution in [0.25, 0.3) is 0 Å². The van der Waals surface area contributed by atoms with Gasteiger partial charge in [0.15, 0.2) is 0 Å². The summed E-state index contributed by atoms with van der Waals surface area (Å²) in [6, 6.07) is 0. The summed E-state index contributed by atoms with van der Waals surface area (Å²) in [6.45, 7) is -0.369. The number of hydrogen-bond acceptors (Lipinski definition) is 1. The molecule has 0 aromatic rings. The number of quaternary nitrogens is 1. The van der Waals surface area contributed by atoms with Crippen LogP contribution in [-0.4, -0.2) is 18.4 Å². The van der Waals surface area contributed by atoms with Gasteiger partial charge in [-0.15, -0.1) is 0 Å². The minimum absolute atomic E-state index is 0.369. The summed E-state index contributed by atoms with van der Waals surface area (Å²) in [5.41, 5.74) is 0. The fourth-order valence-corrected chi connectivity index (χ4v) is 0.662. The van der Waals surface area contributed by atoms with Gasteiger partial charge in [0.05, 0.1) is 0 Å². The van der Waals surface area contributed by atoms with Crippen molar-refractivity contribution in [3.8, 4) is 0 Å². The molecule has 1 heterocycles. The maximum absolute atomic E-state index is 11.9. The first kappa shape index (κ1) is 5.62. The Labute approximate surface area is 44.9 Å². The molecule has 1 fully saturated rings. The third-order valence-electron chi connectivity index (χ3n) is 1.06. The number of nitrogens with two attached hydrogens (primary N) is 1. The van der Waals surface area contributed by atoms with E-state index in [1.807, 2.05) is 0 Å². The summed E-state index contributed by atoms with van der Waals surface area (Å²) < 4.78 is 23.9. The largest absolute Gasteiger partial charge is 0.316 e. The van der Waals surface area contributed by atoms with E-state index in [9.17, 15) is 13.6 Å². The van der Waals surface area contributed by atoms with Crippen LogP contribution in [0.3, 0.4) is 0 Å². The summed E-state index contributed by atoms with van der Waals surface area (Å²) in [6.07, 6.45) is -0.590. The quantitative estimate of drug-likeness (QED) is 0.444. The van der Waals surface area contributed by atoms with Crippen molar-refractivity contribution in [2.75, 3.05) is 6.54 Å². The van der Waals surface area contributed by atoms with Crippen LogP contribution in [0.1, 0.15) is 6.42 Å². The zero-order valence-corrected chi connectivity index (χ0v) is 4.16. The lowest BCUT2D eigenvalue weighted by atomic mass is 10.3. The Kier molecular flexibility index (Phi) is 1.04. The van der Waals surface area contributed by atoms with Crippen LogP contribution in [0.15, 0.2) is 0 Å². The van der Waals surface area contributed by atoms with Crippen molar-refractivity contribution in [2.45, 2.75) is 12.3 Å². The van der Waals surface area contributed by atoms with Crippen LogP contribution >= 0.6 is 0 Å². The molecule has 0 saturated carbocycles. The number of carbonyl (C=O) groups is 1. The van der Waals surface area contributed by atoms with Gasteiger partial charge in [0.1, 0.15) is 13.0 Å². The minimum Gasteiger partial charge on any atom is -0.278 e. The first-order chi connectivity index (χ1) is 3.60. The molecular weight excluding hydrogens is 116 g/mol. The van der Waals surface area contributed by atoms with E-state index < -0.39 is 18.3 Å². The van der Waals surface area contributed by atoms with E-state index in [0.717, 1.165) is 5.32 Å². The molecule has 0 spiro atoms. The zero-order chi connectivity index (χ0) is 6.20. The highest BCUT2D eigenvalue weighted by atomic mass is 19.3. The Morgan fingerprint density at radius 2 is 2.25 bits per heavy atom. The van der Waals surface area contributed by atoms with Crippen LogP contribution in [0, 0.1) is 0 Å². The van der Waals surface area contributed by atoms with Gasteiger partial charge < -0.3 is 0 Å². The van der Waals surface area contributed by atoms with E-state index in [4.69, 9.17) is 0 Å². The summed E-state index contributed by atoms with van der Waals surface area (Å²) in [5, 5.41) is 1.04. The molecule has 0 aliphatic carbocycles. The van der Waals surface area contributed by atoms with Crippen LogP contribution in [-0.2, 0) is 4.79 Å². The molecule has 1 saturated heterocycles. The fourth-order valence-electron chi connectivity index (χ4n) is 0.662. The lowest BCUT2D eigenvalue weighted by Crippen LogP contribution is -2.85. The fraction of sp³-hybridized carbons (Fsp3) is 0.750. The Hall–Kier alpha value is -0.510.